The fourth-order valence-corrected chi connectivity index (χ4v) is 3.38. The average Bonchev–Trinajstić information content (AvgIpc) is 2.63. The highest BCUT2D eigenvalue weighted by molar-refractivity contribution is 5.97. The normalized spacial score (nSPS) is 15.3. The Morgan fingerprint density at radius 3 is 2.42 bits per heavy atom. The number of carbonyl (C=O) groups is 1. The minimum atomic E-state index is 0.0946. The van der Waals surface area contributed by atoms with Crippen molar-refractivity contribution in [3.63, 3.8) is 0 Å². The molecule has 0 unspecified atom stereocenters. The number of carbonyl (C=O) groups excluding carboxylic acids is 1. The van der Waals surface area contributed by atoms with Gasteiger partial charge in [-0.05, 0) is 49.8 Å². The number of para-hydroxylation sites is 1. The van der Waals surface area contributed by atoms with Crippen molar-refractivity contribution in [2.45, 2.75) is 26.2 Å². The number of rotatable bonds is 5. The summed E-state index contributed by atoms with van der Waals surface area (Å²) in [6.45, 7) is 4.17. The topological polar surface area (TPSA) is 29.5 Å². The molecule has 24 heavy (non-hydrogen) atoms. The fourth-order valence-electron chi connectivity index (χ4n) is 3.38. The third kappa shape index (κ3) is 3.97. The third-order valence-electron chi connectivity index (χ3n) is 4.69. The van der Waals surface area contributed by atoms with Crippen LogP contribution in [0.2, 0.25) is 0 Å². The molecule has 1 amide bonds. The van der Waals surface area contributed by atoms with Gasteiger partial charge in [-0.15, -0.1) is 0 Å². The van der Waals surface area contributed by atoms with E-state index in [1.807, 2.05) is 36.1 Å². The van der Waals surface area contributed by atoms with Gasteiger partial charge in [-0.3, -0.25) is 4.79 Å². The molecule has 0 bridgehead atoms. The molecule has 1 aliphatic heterocycles. The maximum Gasteiger partial charge on any atom is 0.257 e. The van der Waals surface area contributed by atoms with Crippen LogP contribution < -0.4 is 4.74 Å². The van der Waals surface area contributed by atoms with Crippen LogP contribution in [-0.4, -0.2) is 30.5 Å². The predicted octanol–water partition coefficient (Wildman–Crippen LogP) is 4.18. The molecule has 1 aliphatic rings. The van der Waals surface area contributed by atoms with Gasteiger partial charge in [0.05, 0.1) is 12.2 Å². The van der Waals surface area contributed by atoms with Crippen LogP contribution >= 0.6 is 0 Å². The number of ether oxygens (including phenoxy) is 1. The number of likely N-dealkylation sites (tertiary alicyclic amines) is 1. The molecule has 3 nitrogen and oxygen atoms in total. The van der Waals surface area contributed by atoms with Gasteiger partial charge < -0.3 is 9.64 Å². The van der Waals surface area contributed by atoms with Gasteiger partial charge in [0.25, 0.3) is 5.91 Å². The minimum absolute atomic E-state index is 0.0946. The van der Waals surface area contributed by atoms with E-state index < -0.39 is 0 Å². The van der Waals surface area contributed by atoms with Gasteiger partial charge in [-0.25, -0.2) is 0 Å². The van der Waals surface area contributed by atoms with E-state index in [2.05, 4.69) is 30.3 Å². The first-order chi connectivity index (χ1) is 11.8. The Labute approximate surface area is 144 Å². The van der Waals surface area contributed by atoms with Crippen molar-refractivity contribution in [3.8, 4) is 5.75 Å². The first-order valence-corrected chi connectivity index (χ1v) is 8.83. The van der Waals surface area contributed by atoms with Gasteiger partial charge in [0.1, 0.15) is 5.75 Å². The second kappa shape index (κ2) is 8.00. The standard InChI is InChI=1S/C21H25NO2/c1-2-24-20-11-7-6-10-19(20)21(23)22-14-12-18(13-15-22)16-17-8-4-3-5-9-17/h3-11,18H,2,12-16H2,1H3. The van der Waals surface area contributed by atoms with E-state index in [4.69, 9.17) is 4.74 Å². The van der Waals surface area contributed by atoms with Gasteiger partial charge in [-0.2, -0.15) is 0 Å². The number of piperidine rings is 1. The molecule has 0 aromatic heterocycles. The molecule has 0 atom stereocenters. The maximum absolute atomic E-state index is 12.8. The van der Waals surface area contributed by atoms with Crippen molar-refractivity contribution in [3.05, 3.63) is 65.7 Å². The van der Waals surface area contributed by atoms with Crippen LogP contribution in [0.1, 0.15) is 35.7 Å². The molecule has 3 rings (SSSR count). The quantitative estimate of drug-likeness (QED) is 0.826. The van der Waals surface area contributed by atoms with Crippen molar-refractivity contribution in [2.75, 3.05) is 19.7 Å². The summed E-state index contributed by atoms with van der Waals surface area (Å²) >= 11 is 0. The summed E-state index contributed by atoms with van der Waals surface area (Å²) in [5, 5.41) is 0. The van der Waals surface area contributed by atoms with E-state index >= 15 is 0 Å². The Hall–Kier alpha value is -2.29. The van der Waals surface area contributed by atoms with E-state index in [1.54, 1.807) is 0 Å². The monoisotopic (exact) mass is 323 g/mol. The van der Waals surface area contributed by atoms with Crippen LogP contribution in [0.25, 0.3) is 0 Å². The molecule has 1 saturated heterocycles. The lowest BCUT2D eigenvalue weighted by Gasteiger charge is -2.32. The molecular weight excluding hydrogens is 298 g/mol. The molecule has 126 valence electrons. The van der Waals surface area contributed by atoms with Gasteiger partial charge in [0.2, 0.25) is 0 Å². The van der Waals surface area contributed by atoms with Gasteiger partial charge in [0, 0.05) is 13.1 Å². The van der Waals surface area contributed by atoms with E-state index in [1.165, 1.54) is 5.56 Å². The van der Waals surface area contributed by atoms with Crippen molar-refractivity contribution in [1.29, 1.82) is 0 Å². The van der Waals surface area contributed by atoms with E-state index in [0.29, 0.717) is 23.8 Å². The minimum Gasteiger partial charge on any atom is -0.493 e. The number of hydrogen-bond acceptors (Lipinski definition) is 2. The van der Waals surface area contributed by atoms with Gasteiger partial charge in [-0.1, -0.05) is 42.5 Å². The van der Waals surface area contributed by atoms with Gasteiger partial charge in [0.15, 0.2) is 0 Å². The van der Waals surface area contributed by atoms with Crippen molar-refractivity contribution in [2.24, 2.45) is 5.92 Å². The van der Waals surface area contributed by atoms with Crippen LogP contribution in [0.15, 0.2) is 54.6 Å². The lowest BCUT2D eigenvalue weighted by Crippen LogP contribution is -2.39. The van der Waals surface area contributed by atoms with Crippen LogP contribution in [0.4, 0.5) is 0 Å². The lowest BCUT2D eigenvalue weighted by molar-refractivity contribution is 0.0686. The van der Waals surface area contributed by atoms with E-state index in [9.17, 15) is 4.79 Å². The Morgan fingerprint density at radius 2 is 1.71 bits per heavy atom. The molecule has 0 spiro atoms. The molecule has 1 fully saturated rings. The Morgan fingerprint density at radius 1 is 1.04 bits per heavy atom. The van der Waals surface area contributed by atoms with E-state index in [-0.39, 0.29) is 5.91 Å². The lowest BCUT2D eigenvalue weighted by atomic mass is 9.90. The molecule has 1 heterocycles. The summed E-state index contributed by atoms with van der Waals surface area (Å²) in [6.07, 6.45) is 3.24. The summed E-state index contributed by atoms with van der Waals surface area (Å²) in [7, 11) is 0. The zero-order valence-corrected chi connectivity index (χ0v) is 14.3. The van der Waals surface area contributed by atoms with Crippen LogP contribution in [-0.2, 0) is 6.42 Å². The number of amides is 1. The zero-order valence-electron chi connectivity index (χ0n) is 14.3. The molecule has 2 aromatic rings. The van der Waals surface area contributed by atoms with Crippen LogP contribution in [0, 0.1) is 5.92 Å². The zero-order chi connectivity index (χ0) is 16.8. The molecule has 0 aliphatic carbocycles. The molecular formula is C21H25NO2. The second-order valence-electron chi connectivity index (χ2n) is 6.35. The van der Waals surface area contributed by atoms with Crippen LogP contribution in [0.3, 0.4) is 0 Å². The highest BCUT2D eigenvalue weighted by Crippen LogP contribution is 2.25. The predicted molar refractivity (Wildman–Crippen MR) is 96.4 cm³/mol. The SMILES string of the molecule is CCOc1ccccc1C(=O)N1CCC(Cc2ccccc2)CC1. The fraction of sp³-hybridized carbons (Fsp3) is 0.381. The van der Waals surface area contributed by atoms with Crippen LogP contribution in [0.5, 0.6) is 5.75 Å². The molecule has 0 N–H and O–H groups in total. The summed E-state index contributed by atoms with van der Waals surface area (Å²) in [6, 6.07) is 18.2. The summed E-state index contributed by atoms with van der Waals surface area (Å²) in [4.78, 5) is 14.8. The Kier molecular flexibility index (Phi) is 5.52. The molecule has 3 heteroatoms. The largest absolute Gasteiger partial charge is 0.493 e. The first kappa shape index (κ1) is 16.6. The number of hydrogen-bond donors (Lipinski definition) is 0. The number of nitrogens with zero attached hydrogens (tertiary/aromatic N) is 1. The summed E-state index contributed by atoms with van der Waals surface area (Å²) in [5.74, 6) is 1.45. The summed E-state index contributed by atoms with van der Waals surface area (Å²) in [5.41, 5.74) is 2.07. The Bertz CT molecular complexity index is 661. The smallest absolute Gasteiger partial charge is 0.257 e. The first-order valence-electron chi connectivity index (χ1n) is 8.83. The average molecular weight is 323 g/mol. The highest BCUT2D eigenvalue weighted by Gasteiger charge is 2.25. The third-order valence-corrected chi connectivity index (χ3v) is 4.69. The number of benzene rings is 2. The molecule has 0 saturated carbocycles. The van der Waals surface area contributed by atoms with Crippen molar-refractivity contribution < 1.29 is 9.53 Å². The highest BCUT2D eigenvalue weighted by atomic mass is 16.5. The molecule has 2 aromatic carbocycles. The van der Waals surface area contributed by atoms with E-state index in [0.717, 1.165) is 32.4 Å². The van der Waals surface area contributed by atoms with Crippen molar-refractivity contribution in [1.82, 2.24) is 4.90 Å². The van der Waals surface area contributed by atoms with Crippen molar-refractivity contribution >= 4 is 5.91 Å². The van der Waals surface area contributed by atoms with Gasteiger partial charge >= 0.3 is 0 Å². The summed E-state index contributed by atoms with van der Waals surface area (Å²) < 4.78 is 5.60. The molecule has 0 radical (unpaired) electrons. The Balaban J connectivity index is 1.59. The second-order valence-corrected chi connectivity index (χ2v) is 6.35. The maximum atomic E-state index is 12.8.